The first-order valence-electron chi connectivity index (χ1n) is 8.51. The van der Waals surface area contributed by atoms with Crippen molar-refractivity contribution in [2.24, 2.45) is 11.8 Å². The van der Waals surface area contributed by atoms with Crippen molar-refractivity contribution in [1.82, 2.24) is 4.90 Å². The molecule has 1 aliphatic carbocycles. The number of hydrogen-bond acceptors (Lipinski definition) is 3. The van der Waals surface area contributed by atoms with Crippen molar-refractivity contribution in [2.75, 3.05) is 6.61 Å². The monoisotopic (exact) mass is 322 g/mol. The molecule has 124 valence electrons. The van der Waals surface area contributed by atoms with Crippen LogP contribution in [0, 0.1) is 35.0 Å². The topological polar surface area (TPSA) is 64.3 Å². The number of aliphatic hydroxyl groups is 1. The van der Waals surface area contributed by atoms with Gasteiger partial charge in [0.05, 0.1) is 18.7 Å². The van der Waals surface area contributed by atoms with E-state index in [1.165, 1.54) is 0 Å². The van der Waals surface area contributed by atoms with Gasteiger partial charge in [0.15, 0.2) is 0 Å². The van der Waals surface area contributed by atoms with Crippen molar-refractivity contribution >= 4 is 5.91 Å². The minimum Gasteiger partial charge on any atom is -0.394 e. The predicted molar refractivity (Wildman–Crippen MR) is 90.7 cm³/mol. The minimum atomic E-state index is -0.483. The molecule has 1 N–H and O–H groups in total. The fourth-order valence-corrected chi connectivity index (χ4v) is 3.27. The number of carbonyl (C=O) groups excluding carboxylic acids is 1. The summed E-state index contributed by atoms with van der Waals surface area (Å²) >= 11 is 0. The summed E-state index contributed by atoms with van der Waals surface area (Å²) in [5.41, 5.74) is 1.92. The number of likely N-dealkylation sites (tertiary alicyclic amines) is 1. The molecule has 3 atom stereocenters. The number of nitrogens with zero attached hydrogens (tertiary/aromatic N) is 2. The van der Waals surface area contributed by atoms with Crippen LogP contribution in [-0.2, 0) is 4.79 Å². The number of carbonyl (C=O) groups is 1. The van der Waals surface area contributed by atoms with Gasteiger partial charge in [-0.25, -0.2) is 0 Å². The predicted octanol–water partition coefficient (Wildman–Crippen LogP) is 2.28. The SMILES string of the molecule is CC(C)C#Cc1ccc([C@H]2[C@@H](C#N)N(C(=O)C3CC3)[C@H]2CO)cc1. The van der Waals surface area contributed by atoms with E-state index < -0.39 is 6.04 Å². The van der Waals surface area contributed by atoms with E-state index >= 15 is 0 Å². The second-order valence-corrected chi connectivity index (χ2v) is 6.92. The van der Waals surface area contributed by atoms with Crippen LogP contribution >= 0.6 is 0 Å². The molecular weight excluding hydrogens is 300 g/mol. The average Bonchev–Trinajstić information content (AvgIpc) is 3.38. The van der Waals surface area contributed by atoms with Crippen molar-refractivity contribution in [3.05, 3.63) is 35.4 Å². The summed E-state index contributed by atoms with van der Waals surface area (Å²) in [6, 6.07) is 9.27. The van der Waals surface area contributed by atoms with Crippen molar-refractivity contribution in [2.45, 2.75) is 44.7 Å². The summed E-state index contributed by atoms with van der Waals surface area (Å²) in [5, 5.41) is 19.2. The zero-order chi connectivity index (χ0) is 17.3. The zero-order valence-corrected chi connectivity index (χ0v) is 14.1. The maximum absolute atomic E-state index is 12.4. The number of rotatable bonds is 3. The highest BCUT2D eigenvalue weighted by Gasteiger charge is 2.53. The molecule has 0 spiro atoms. The first kappa shape index (κ1) is 16.6. The molecule has 1 heterocycles. The Morgan fingerprint density at radius 2 is 2.00 bits per heavy atom. The smallest absolute Gasteiger partial charge is 0.227 e. The first-order valence-corrected chi connectivity index (χ1v) is 8.51. The molecule has 1 saturated carbocycles. The van der Waals surface area contributed by atoms with Gasteiger partial charge in [0.1, 0.15) is 6.04 Å². The Balaban J connectivity index is 1.79. The molecule has 0 unspecified atom stereocenters. The maximum Gasteiger partial charge on any atom is 0.227 e. The maximum atomic E-state index is 12.4. The van der Waals surface area contributed by atoms with Gasteiger partial charge in [-0.3, -0.25) is 4.79 Å². The van der Waals surface area contributed by atoms with Gasteiger partial charge in [-0.2, -0.15) is 5.26 Å². The molecule has 2 fully saturated rings. The van der Waals surface area contributed by atoms with Crippen LogP contribution in [-0.4, -0.2) is 34.6 Å². The third kappa shape index (κ3) is 3.03. The normalized spacial score (nSPS) is 25.5. The number of hydrogen-bond donors (Lipinski definition) is 1. The number of aliphatic hydroxyl groups excluding tert-OH is 1. The lowest BCUT2D eigenvalue weighted by Gasteiger charge is -2.51. The molecule has 0 radical (unpaired) electrons. The van der Waals surface area contributed by atoms with Gasteiger partial charge in [0, 0.05) is 23.3 Å². The van der Waals surface area contributed by atoms with E-state index in [4.69, 9.17) is 0 Å². The van der Waals surface area contributed by atoms with E-state index in [1.807, 2.05) is 38.1 Å². The van der Waals surface area contributed by atoms with Crippen molar-refractivity contribution in [1.29, 1.82) is 5.26 Å². The highest BCUT2D eigenvalue weighted by molar-refractivity contribution is 5.83. The Kier molecular flexibility index (Phi) is 4.60. The first-order chi connectivity index (χ1) is 11.6. The van der Waals surface area contributed by atoms with E-state index in [0.717, 1.165) is 24.0 Å². The number of amides is 1. The Hall–Kier alpha value is -2.30. The quantitative estimate of drug-likeness (QED) is 0.868. The summed E-state index contributed by atoms with van der Waals surface area (Å²) in [5.74, 6) is 6.52. The Bertz CT molecular complexity index is 717. The molecule has 1 aliphatic heterocycles. The average molecular weight is 322 g/mol. The minimum absolute atomic E-state index is 0.0243. The molecule has 1 amide bonds. The molecule has 0 aromatic heterocycles. The second-order valence-electron chi connectivity index (χ2n) is 6.92. The van der Waals surface area contributed by atoms with Crippen LogP contribution in [0.4, 0.5) is 0 Å². The lowest BCUT2D eigenvalue weighted by atomic mass is 9.75. The van der Waals surface area contributed by atoms with Crippen LogP contribution in [0.5, 0.6) is 0 Å². The van der Waals surface area contributed by atoms with Crippen LogP contribution in [0.1, 0.15) is 43.7 Å². The van der Waals surface area contributed by atoms with Crippen LogP contribution in [0.25, 0.3) is 0 Å². The standard InChI is InChI=1S/C20H22N2O2/c1-13(2)3-4-14-5-7-15(8-6-14)19-17(11-21)22(18(19)12-23)20(24)16-9-10-16/h5-8,13,16-19,23H,9-10,12H2,1-2H3/t17-,18+,19+/m1/s1. The number of benzene rings is 1. The molecule has 1 aromatic carbocycles. The van der Waals surface area contributed by atoms with Crippen LogP contribution < -0.4 is 0 Å². The Morgan fingerprint density at radius 1 is 1.33 bits per heavy atom. The second kappa shape index (κ2) is 6.67. The van der Waals surface area contributed by atoms with Gasteiger partial charge < -0.3 is 10.0 Å². The molecule has 1 aromatic rings. The Labute approximate surface area is 143 Å². The molecule has 24 heavy (non-hydrogen) atoms. The van der Waals surface area contributed by atoms with Gasteiger partial charge >= 0.3 is 0 Å². The molecule has 2 aliphatic rings. The lowest BCUT2D eigenvalue weighted by molar-refractivity contribution is -0.148. The summed E-state index contributed by atoms with van der Waals surface area (Å²) in [6.07, 6.45) is 1.80. The summed E-state index contributed by atoms with van der Waals surface area (Å²) in [7, 11) is 0. The van der Waals surface area contributed by atoms with Crippen LogP contribution in [0.15, 0.2) is 24.3 Å². The summed E-state index contributed by atoms with van der Waals surface area (Å²) in [4.78, 5) is 13.9. The van der Waals surface area contributed by atoms with Crippen LogP contribution in [0.2, 0.25) is 0 Å². The fourth-order valence-electron chi connectivity index (χ4n) is 3.27. The molecule has 3 rings (SSSR count). The third-order valence-corrected chi connectivity index (χ3v) is 4.71. The molecule has 1 saturated heterocycles. The largest absolute Gasteiger partial charge is 0.394 e. The van der Waals surface area contributed by atoms with E-state index in [-0.39, 0.29) is 30.4 Å². The Morgan fingerprint density at radius 3 is 2.50 bits per heavy atom. The molecular formula is C20H22N2O2. The van der Waals surface area contributed by atoms with Crippen molar-refractivity contribution in [3.8, 4) is 17.9 Å². The summed E-state index contributed by atoms with van der Waals surface area (Å²) in [6.45, 7) is 3.98. The van der Waals surface area contributed by atoms with Crippen molar-refractivity contribution in [3.63, 3.8) is 0 Å². The van der Waals surface area contributed by atoms with Crippen LogP contribution in [0.3, 0.4) is 0 Å². The van der Waals surface area contributed by atoms with Gasteiger partial charge in [-0.05, 0) is 30.5 Å². The van der Waals surface area contributed by atoms with Gasteiger partial charge in [0.25, 0.3) is 0 Å². The fraction of sp³-hybridized carbons (Fsp3) is 0.500. The summed E-state index contributed by atoms with van der Waals surface area (Å²) < 4.78 is 0. The van der Waals surface area contributed by atoms with Gasteiger partial charge in [0.2, 0.25) is 5.91 Å². The highest BCUT2D eigenvalue weighted by atomic mass is 16.3. The van der Waals surface area contributed by atoms with Crippen molar-refractivity contribution < 1.29 is 9.90 Å². The molecule has 0 bridgehead atoms. The van der Waals surface area contributed by atoms with Gasteiger partial charge in [-0.1, -0.05) is 37.8 Å². The third-order valence-electron chi connectivity index (χ3n) is 4.71. The van der Waals surface area contributed by atoms with Gasteiger partial charge in [-0.15, -0.1) is 0 Å². The highest BCUT2D eigenvalue weighted by Crippen LogP contribution is 2.44. The molecule has 4 heteroatoms. The molecule has 4 nitrogen and oxygen atoms in total. The lowest BCUT2D eigenvalue weighted by Crippen LogP contribution is -2.65. The van der Waals surface area contributed by atoms with E-state index in [2.05, 4.69) is 17.9 Å². The van der Waals surface area contributed by atoms with E-state index in [1.54, 1.807) is 4.90 Å². The zero-order valence-electron chi connectivity index (χ0n) is 14.1. The van der Waals surface area contributed by atoms with E-state index in [9.17, 15) is 15.2 Å². The van der Waals surface area contributed by atoms with E-state index in [0.29, 0.717) is 5.92 Å². The number of nitriles is 1.